The van der Waals surface area contributed by atoms with E-state index >= 15 is 0 Å². The fraction of sp³-hybridized carbons (Fsp3) is 0.846. The fourth-order valence-electron chi connectivity index (χ4n) is 1.58. The van der Waals surface area contributed by atoms with Crippen LogP contribution in [0.1, 0.15) is 45.7 Å². The van der Waals surface area contributed by atoms with Gasteiger partial charge in [0.15, 0.2) is 0 Å². The molecule has 1 N–H and O–H groups in total. The SMILES string of the molecule is CCC(C)(C)OCCn1cc(CNC2CC2)nn1. The Morgan fingerprint density at radius 3 is 2.94 bits per heavy atom. The second-order valence-corrected chi connectivity index (χ2v) is 5.59. The highest BCUT2D eigenvalue weighted by Gasteiger charge is 2.20. The number of nitrogens with one attached hydrogen (secondary N) is 1. The highest BCUT2D eigenvalue weighted by molar-refractivity contribution is 4.94. The molecule has 5 heteroatoms. The summed E-state index contributed by atoms with van der Waals surface area (Å²) in [5.41, 5.74) is 0.966. The number of nitrogens with zero attached hydrogens (tertiary/aromatic N) is 3. The van der Waals surface area contributed by atoms with Gasteiger partial charge in [-0.3, -0.25) is 0 Å². The van der Waals surface area contributed by atoms with Crippen LogP contribution in [-0.4, -0.2) is 33.2 Å². The average Bonchev–Trinajstić information content (AvgIpc) is 3.07. The van der Waals surface area contributed by atoms with Gasteiger partial charge < -0.3 is 10.1 Å². The molecule has 0 atom stereocenters. The minimum absolute atomic E-state index is 0.0447. The van der Waals surface area contributed by atoms with E-state index in [1.54, 1.807) is 0 Å². The Morgan fingerprint density at radius 1 is 1.50 bits per heavy atom. The highest BCUT2D eigenvalue weighted by Crippen LogP contribution is 2.18. The first-order valence-electron chi connectivity index (χ1n) is 6.85. The van der Waals surface area contributed by atoms with E-state index in [4.69, 9.17) is 4.74 Å². The van der Waals surface area contributed by atoms with Crippen LogP contribution in [0.15, 0.2) is 6.20 Å². The van der Waals surface area contributed by atoms with Crippen molar-refractivity contribution in [2.24, 2.45) is 0 Å². The molecule has 0 radical (unpaired) electrons. The van der Waals surface area contributed by atoms with Gasteiger partial charge in [-0.2, -0.15) is 0 Å². The molecule has 1 aromatic heterocycles. The van der Waals surface area contributed by atoms with Gasteiger partial charge >= 0.3 is 0 Å². The molecule has 0 saturated heterocycles. The first-order chi connectivity index (χ1) is 8.59. The largest absolute Gasteiger partial charge is 0.374 e. The number of rotatable bonds is 8. The van der Waals surface area contributed by atoms with E-state index in [1.165, 1.54) is 12.8 Å². The van der Waals surface area contributed by atoms with Crippen molar-refractivity contribution >= 4 is 0 Å². The van der Waals surface area contributed by atoms with E-state index in [0.717, 1.165) is 25.2 Å². The lowest BCUT2D eigenvalue weighted by atomic mass is 10.1. The average molecular weight is 252 g/mol. The smallest absolute Gasteiger partial charge is 0.0964 e. The van der Waals surface area contributed by atoms with E-state index in [1.807, 2.05) is 10.9 Å². The summed E-state index contributed by atoms with van der Waals surface area (Å²) in [6.45, 7) is 8.63. The molecule has 1 heterocycles. The van der Waals surface area contributed by atoms with Crippen LogP contribution in [0.25, 0.3) is 0 Å². The van der Waals surface area contributed by atoms with E-state index < -0.39 is 0 Å². The molecule has 1 aliphatic carbocycles. The monoisotopic (exact) mass is 252 g/mol. The zero-order valence-corrected chi connectivity index (χ0v) is 11.6. The van der Waals surface area contributed by atoms with Crippen molar-refractivity contribution < 1.29 is 4.74 Å². The van der Waals surface area contributed by atoms with Gasteiger partial charge in [-0.25, -0.2) is 4.68 Å². The Labute approximate surface area is 109 Å². The summed E-state index contributed by atoms with van der Waals surface area (Å²) in [4.78, 5) is 0. The maximum absolute atomic E-state index is 5.80. The molecule has 0 unspecified atom stereocenters. The summed E-state index contributed by atoms with van der Waals surface area (Å²) in [5, 5.41) is 11.7. The summed E-state index contributed by atoms with van der Waals surface area (Å²) < 4.78 is 7.65. The second-order valence-electron chi connectivity index (χ2n) is 5.59. The second kappa shape index (κ2) is 5.80. The number of aromatic nitrogens is 3. The zero-order chi connectivity index (χ0) is 13.0. The van der Waals surface area contributed by atoms with Crippen LogP contribution in [-0.2, 0) is 17.8 Å². The van der Waals surface area contributed by atoms with Gasteiger partial charge in [0.1, 0.15) is 0 Å². The van der Waals surface area contributed by atoms with Gasteiger partial charge in [0.25, 0.3) is 0 Å². The van der Waals surface area contributed by atoms with Gasteiger partial charge in [-0.15, -0.1) is 5.10 Å². The van der Waals surface area contributed by atoms with Crippen molar-refractivity contribution in [2.75, 3.05) is 6.61 Å². The molecule has 0 spiro atoms. The molecular weight excluding hydrogens is 228 g/mol. The topological polar surface area (TPSA) is 52.0 Å². The fourth-order valence-corrected chi connectivity index (χ4v) is 1.58. The quantitative estimate of drug-likeness (QED) is 0.765. The summed E-state index contributed by atoms with van der Waals surface area (Å²) in [6.07, 6.45) is 5.61. The molecular formula is C13H24N4O. The summed E-state index contributed by atoms with van der Waals surface area (Å²) in [7, 11) is 0. The zero-order valence-electron chi connectivity index (χ0n) is 11.6. The standard InChI is InChI=1S/C13H24N4O/c1-4-13(2,3)18-8-7-17-10-12(15-16-17)9-14-11-5-6-11/h10-11,14H,4-9H2,1-3H3. The first-order valence-corrected chi connectivity index (χ1v) is 6.85. The molecule has 0 bridgehead atoms. The Hall–Kier alpha value is -0.940. The molecule has 0 aliphatic heterocycles. The Bertz CT molecular complexity index is 371. The van der Waals surface area contributed by atoms with Crippen LogP contribution in [0.2, 0.25) is 0 Å². The molecule has 1 fully saturated rings. The van der Waals surface area contributed by atoms with E-state index in [2.05, 4.69) is 36.4 Å². The van der Waals surface area contributed by atoms with Gasteiger partial charge in [0.2, 0.25) is 0 Å². The van der Waals surface area contributed by atoms with Crippen LogP contribution in [0, 0.1) is 0 Å². The third-order valence-electron chi connectivity index (χ3n) is 3.40. The third kappa shape index (κ3) is 4.38. The molecule has 1 saturated carbocycles. The number of ether oxygens (including phenoxy) is 1. The lowest BCUT2D eigenvalue weighted by Gasteiger charge is -2.23. The Balaban J connectivity index is 1.69. The van der Waals surface area contributed by atoms with Crippen LogP contribution in [0.5, 0.6) is 0 Å². The van der Waals surface area contributed by atoms with Crippen LogP contribution in [0.4, 0.5) is 0 Å². The third-order valence-corrected chi connectivity index (χ3v) is 3.40. The van der Waals surface area contributed by atoms with Crippen LogP contribution < -0.4 is 5.32 Å². The van der Waals surface area contributed by atoms with Gasteiger partial charge in [-0.1, -0.05) is 12.1 Å². The number of hydrogen-bond acceptors (Lipinski definition) is 4. The van der Waals surface area contributed by atoms with Gasteiger partial charge in [0.05, 0.1) is 24.4 Å². The minimum Gasteiger partial charge on any atom is -0.374 e. The van der Waals surface area contributed by atoms with Gasteiger partial charge in [-0.05, 0) is 33.1 Å². The lowest BCUT2D eigenvalue weighted by molar-refractivity contribution is -0.0246. The van der Waals surface area contributed by atoms with Crippen molar-refractivity contribution in [2.45, 2.75) is 64.8 Å². The number of hydrogen-bond donors (Lipinski definition) is 1. The molecule has 102 valence electrons. The predicted molar refractivity (Wildman–Crippen MR) is 70.2 cm³/mol. The van der Waals surface area contributed by atoms with Crippen molar-refractivity contribution in [3.05, 3.63) is 11.9 Å². The Morgan fingerprint density at radius 2 is 2.28 bits per heavy atom. The molecule has 0 aromatic carbocycles. The summed E-state index contributed by atoms with van der Waals surface area (Å²) in [6, 6.07) is 0.712. The molecule has 18 heavy (non-hydrogen) atoms. The first kappa shape index (κ1) is 13.5. The van der Waals surface area contributed by atoms with Crippen molar-refractivity contribution in [1.29, 1.82) is 0 Å². The maximum atomic E-state index is 5.80. The minimum atomic E-state index is -0.0447. The lowest BCUT2D eigenvalue weighted by Crippen LogP contribution is -2.25. The van der Waals surface area contributed by atoms with Crippen LogP contribution >= 0.6 is 0 Å². The molecule has 5 nitrogen and oxygen atoms in total. The van der Waals surface area contributed by atoms with E-state index in [-0.39, 0.29) is 5.60 Å². The summed E-state index contributed by atoms with van der Waals surface area (Å²) in [5.74, 6) is 0. The Kier molecular flexibility index (Phi) is 4.35. The van der Waals surface area contributed by atoms with Crippen molar-refractivity contribution in [3.63, 3.8) is 0 Å². The molecule has 2 rings (SSSR count). The molecule has 0 amide bonds. The maximum Gasteiger partial charge on any atom is 0.0964 e. The van der Waals surface area contributed by atoms with Crippen molar-refractivity contribution in [1.82, 2.24) is 20.3 Å². The molecule has 1 aromatic rings. The molecule has 1 aliphatic rings. The van der Waals surface area contributed by atoms with Gasteiger partial charge in [0, 0.05) is 18.8 Å². The summed E-state index contributed by atoms with van der Waals surface area (Å²) >= 11 is 0. The van der Waals surface area contributed by atoms with E-state index in [0.29, 0.717) is 12.6 Å². The van der Waals surface area contributed by atoms with E-state index in [9.17, 15) is 0 Å². The normalized spacial score (nSPS) is 16.2. The van der Waals surface area contributed by atoms with Crippen LogP contribution in [0.3, 0.4) is 0 Å². The predicted octanol–water partition coefficient (Wildman–Crippen LogP) is 1.74. The highest BCUT2D eigenvalue weighted by atomic mass is 16.5. The van der Waals surface area contributed by atoms with Crippen molar-refractivity contribution in [3.8, 4) is 0 Å².